The van der Waals surface area contributed by atoms with Gasteiger partial charge >= 0.3 is 0 Å². The number of fused-ring (bicyclic) bond motifs is 5. The third kappa shape index (κ3) is 2.04. The highest BCUT2D eigenvalue weighted by atomic mass is 31.2. The number of hydrogen-bond acceptors (Lipinski definition) is 1. The minimum atomic E-state index is -2.95. The van der Waals surface area contributed by atoms with Crippen molar-refractivity contribution in [2.75, 3.05) is 0 Å². The van der Waals surface area contributed by atoms with E-state index in [1.54, 1.807) is 0 Å². The maximum atomic E-state index is 15.1. The highest BCUT2D eigenvalue weighted by molar-refractivity contribution is 7.88. The largest absolute Gasteiger partial charge is 0.309 e. The van der Waals surface area contributed by atoms with Crippen LogP contribution in [0, 0.1) is 0 Å². The van der Waals surface area contributed by atoms with Crippen molar-refractivity contribution < 1.29 is 4.57 Å². The van der Waals surface area contributed by atoms with E-state index in [1.807, 2.05) is 30.3 Å². The summed E-state index contributed by atoms with van der Waals surface area (Å²) in [6.45, 7) is 4.54. The van der Waals surface area contributed by atoms with Crippen molar-refractivity contribution in [1.29, 1.82) is 0 Å². The maximum Gasteiger partial charge on any atom is 0.172 e. The van der Waals surface area contributed by atoms with E-state index in [-0.39, 0.29) is 5.41 Å². The molecule has 4 aromatic carbocycles. The monoisotopic (exact) mass is 392 g/mol. The summed E-state index contributed by atoms with van der Waals surface area (Å²) in [6.07, 6.45) is 0. The van der Waals surface area contributed by atoms with E-state index in [0.29, 0.717) is 0 Å². The minimum absolute atomic E-state index is 0.177. The van der Waals surface area contributed by atoms with Crippen LogP contribution in [0.1, 0.15) is 30.5 Å². The van der Waals surface area contributed by atoms with Crippen molar-refractivity contribution in [1.82, 2.24) is 0 Å². The molecule has 0 aromatic heterocycles. The van der Waals surface area contributed by atoms with E-state index in [1.165, 1.54) is 16.5 Å². The van der Waals surface area contributed by atoms with Gasteiger partial charge in [-0.3, -0.25) is 0 Å². The lowest BCUT2D eigenvalue weighted by atomic mass is 9.78. The van der Waals surface area contributed by atoms with Gasteiger partial charge < -0.3 is 4.57 Å². The second-order valence-electron chi connectivity index (χ2n) is 8.56. The van der Waals surface area contributed by atoms with Gasteiger partial charge in [-0.05, 0) is 45.2 Å². The van der Waals surface area contributed by atoms with Gasteiger partial charge in [-0.1, -0.05) is 92.7 Å². The van der Waals surface area contributed by atoms with Crippen LogP contribution in [0.2, 0.25) is 0 Å². The molecule has 0 bridgehead atoms. The molecule has 4 aromatic rings. The number of benzene rings is 4. The molecule has 0 N–H and O–H groups in total. The van der Waals surface area contributed by atoms with Crippen molar-refractivity contribution in [3.05, 3.63) is 108 Å². The van der Waals surface area contributed by atoms with Gasteiger partial charge in [-0.2, -0.15) is 0 Å². The van der Waals surface area contributed by atoms with Gasteiger partial charge in [0.1, 0.15) is 0 Å². The molecule has 1 atom stereocenters. The van der Waals surface area contributed by atoms with Crippen molar-refractivity contribution in [2.24, 2.45) is 0 Å². The first-order valence-corrected chi connectivity index (χ1v) is 11.8. The Morgan fingerprint density at radius 2 is 1.31 bits per heavy atom. The highest BCUT2D eigenvalue weighted by Gasteiger charge is 2.52. The second-order valence-corrected chi connectivity index (χ2v) is 11.2. The van der Waals surface area contributed by atoms with Crippen LogP contribution in [0.3, 0.4) is 0 Å². The third-order valence-corrected chi connectivity index (χ3v) is 9.79. The minimum Gasteiger partial charge on any atom is -0.309 e. The summed E-state index contributed by atoms with van der Waals surface area (Å²) in [7, 11) is -2.95. The summed E-state index contributed by atoms with van der Waals surface area (Å²) >= 11 is 0. The van der Waals surface area contributed by atoms with Crippen LogP contribution in [-0.4, -0.2) is 0 Å². The van der Waals surface area contributed by atoms with Crippen molar-refractivity contribution in [3.63, 3.8) is 0 Å². The number of rotatable bonds is 1. The number of allylic oxidation sites excluding steroid dienone is 1. The molecule has 1 aliphatic heterocycles. The highest BCUT2D eigenvalue weighted by Crippen LogP contribution is 2.71. The van der Waals surface area contributed by atoms with Gasteiger partial charge in [0.2, 0.25) is 0 Å². The van der Waals surface area contributed by atoms with Gasteiger partial charge in [-0.25, -0.2) is 0 Å². The summed E-state index contributed by atoms with van der Waals surface area (Å²) < 4.78 is 15.1. The van der Waals surface area contributed by atoms with E-state index in [0.717, 1.165) is 32.4 Å². The van der Waals surface area contributed by atoms with Gasteiger partial charge in [0, 0.05) is 21.3 Å². The molecule has 2 aliphatic rings. The predicted molar refractivity (Wildman–Crippen MR) is 124 cm³/mol. The molecule has 2 heteroatoms. The van der Waals surface area contributed by atoms with Gasteiger partial charge in [-0.15, -0.1) is 0 Å². The molecule has 140 valence electrons. The fraction of sp³-hybridized carbons (Fsp3) is 0.111. The molecule has 0 saturated heterocycles. The van der Waals surface area contributed by atoms with E-state index in [4.69, 9.17) is 0 Å². The Morgan fingerprint density at radius 3 is 2.07 bits per heavy atom. The Morgan fingerprint density at radius 1 is 0.690 bits per heavy atom. The van der Waals surface area contributed by atoms with Crippen molar-refractivity contribution >= 4 is 39.4 Å². The normalized spacial score (nSPS) is 21.2. The fourth-order valence-corrected chi connectivity index (χ4v) is 8.76. The molecular weight excluding hydrogens is 371 g/mol. The summed E-state index contributed by atoms with van der Waals surface area (Å²) in [4.78, 5) is 0. The molecule has 1 unspecified atom stereocenters. The van der Waals surface area contributed by atoms with E-state index >= 15 is 4.57 Å². The van der Waals surface area contributed by atoms with Crippen LogP contribution < -0.4 is 10.6 Å². The maximum absolute atomic E-state index is 15.1. The molecule has 6 rings (SSSR count). The Kier molecular flexibility index (Phi) is 3.28. The first-order chi connectivity index (χ1) is 14.0. The topological polar surface area (TPSA) is 17.1 Å². The van der Waals surface area contributed by atoms with Gasteiger partial charge in [0.05, 0.1) is 0 Å². The molecule has 0 saturated carbocycles. The molecular formula is C27H21OP. The van der Waals surface area contributed by atoms with Crippen LogP contribution in [0.25, 0.3) is 21.7 Å². The first-order valence-electron chi connectivity index (χ1n) is 10.1. The second kappa shape index (κ2) is 5.59. The van der Waals surface area contributed by atoms with Crippen LogP contribution >= 0.6 is 7.14 Å². The Bertz CT molecular complexity index is 1390. The van der Waals surface area contributed by atoms with E-state index in [2.05, 4.69) is 74.5 Å². The fourth-order valence-electron chi connectivity index (χ4n) is 5.31. The Hall–Kier alpha value is -2.89. The summed E-state index contributed by atoms with van der Waals surface area (Å²) in [6, 6.07) is 31.4. The van der Waals surface area contributed by atoms with Crippen LogP contribution in [-0.2, 0) is 9.98 Å². The third-order valence-electron chi connectivity index (χ3n) is 6.62. The zero-order valence-electron chi connectivity index (χ0n) is 16.5. The van der Waals surface area contributed by atoms with Crippen LogP contribution in [0.15, 0.2) is 91.0 Å². The molecule has 0 fully saturated rings. The van der Waals surface area contributed by atoms with E-state index in [9.17, 15) is 0 Å². The number of hydrogen-bond donors (Lipinski definition) is 0. The molecule has 1 nitrogen and oxygen atoms in total. The van der Waals surface area contributed by atoms with E-state index < -0.39 is 7.14 Å². The lowest BCUT2D eigenvalue weighted by molar-refractivity contribution is 0.593. The molecule has 1 aliphatic carbocycles. The Balaban J connectivity index is 1.80. The van der Waals surface area contributed by atoms with Crippen LogP contribution in [0.4, 0.5) is 0 Å². The average molecular weight is 392 g/mol. The lowest BCUT2D eigenvalue weighted by Crippen LogP contribution is -2.21. The SMILES string of the molecule is CC1(C)C2=C(c3ccccc31)P(=O)(c1ccccc1)c1cc3ccccc3cc12. The zero-order valence-corrected chi connectivity index (χ0v) is 17.4. The molecule has 0 spiro atoms. The quantitative estimate of drug-likeness (QED) is 0.346. The summed E-state index contributed by atoms with van der Waals surface area (Å²) in [5, 5.41) is 5.32. The predicted octanol–water partition coefficient (Wildman–Crippen LogP) is 6.33. The summed E-state index contributed by atoms with van der Waals surface area (Å²) in [5.41, 5.74) is 4.66. The van der Waals surface area contributed by atoms with Crippen molar-refractivity contribution in [2.45, 2.75) is 19.3 Å². The smallest absolute Gasteiger partial charge is 0.172 e. The molecule has 29 heavy (non-hydrogen) atoms. The first kappa shape index (κ1) is 17.0. The van der Waals surface area contributed by atoms with Crippen LogP contribution in [0.5, 0.6) is 0 Å². The van der Waals surface area contributed by atoms with Gasteiger partial charge in [0.15, 0.2) is 7.14 Å². The molecule has 1 heterocycles. The molecule has 0 radical (unpaired) electrons. The summed E-state index contributed by atoms with van der Waals surface area (Å²) in [5.74, 6) is 0. The standard InChI is InChI=1S/C27H21OP/c1-27(2)23-15-9-8-14-21(23)26-25(27)22-16-18-10-6-7-11-19(18)17-24(22)29(26,28)20-12-4-3-5-13-20/h3-17H,1-2H3. The molecule has 0 amide bonds. The average Bonchev–Trinajstić information content (AvgIpc) is 3.16. The van der Waals surface area contributed by atoms with Gasteiger partial charge in [0.25, 0.3) is 0 Å². The van der Waals surface area contributed by atoms with Crippen molar-refractivity contribution in [3.8, 4) is 0 Å². The lowest BCUT2D eigenvalue weighted by Gasteiger charge is -2.26. The zero-order chi connectivity index (χ0) is 19.8. The Labute approximate surface area is 171 Å².